The standard InChI is InChI=1S/C18H15F4NO2/c1-23-8-11(9-2-4-12(19)14(21)6-9)16(18(24)25)17(23)10-3-5-13(20)15(22)7-10/h2-7,11,16-17H,8H2,1H3,(H,24,25). The Morgan fingerprint density at radius 1 is 0.960 bits per heavy atom. The van der Waals surface area contributed by atoms with Crippen molar-refractivity contribution >= 4 is 5.97 Å². The van der Waals surface area contributed by atoms with Gasteiger partial charge in [-0.25, -0.2) is 17.6 Å². The zero-order chi connectivity index (χ0) is 18.3. The summed E-state index contributed by atoms with van der Waals surface area (Å²) in [6.45, 7) is 0.256. The van der Waals surface area contributed by atoms with Crippen molar-refractivity contribution in [3.63, 3.8) is 0 Å². The quantitative estimate of drug-likeness (QED) is 0.855. The number of likely N-dealkylation sites (N-methyl/N-ethyl adjacent to an activating group) is 1. The van der Waals surface area contributed by atoms with Gasteiger partial charge in [0, 0.05) is 18.5 Å². The molecule has 25 heavy (non-hydrogen) atoms. The second kappa shape index (κ2) is 6.48. The minimum Gasteiger partial charge on any atom is -0.481 e. The largest absolute Gasteiger partial charge is 0.481 e. The average Bonchev–Trinajstić information content (AvgIpc) is 2.90. The molecule has 1 fully saturated rings. The normalized spacial score (nSPS) is 23.8. The predicted octanol–water partition coefficient (Wildman–Crippen LogP) is 3.71. The lowest BCUT2D eigenvalue weighted by Crippen LogP contribution is -2.26. The summed E-state index contributed by atoms with van der Waals surface area (Å²) in [4.78, 5) is 13.5. The van der Waals surface area contributed by atoms with Gasteiger partial charge in [0.1, 0.15) is 0 Å². The summed E-state index contributed by atoms with van der Waals surface area (Å²) >= 11 is 0. The highest BCUT2D eigenvalue weighted by atomic mass is 19.2. The number of benzene rings is 2. The average molecular weight is 353 g/mol. The van der Waals surface area contributed by atoms with Crippen molar-refractivity contribution in [2.75, 3.05) is 13.6 Å². The number of likely N-dealkylation sites (tertiary alicyclic amines) is 1. The molecule has 1 heterocycles. The van der Waals surface area contributed by atoms with Gasteiger partial charge in [-0.3, -0.25) is 9.69 Å². The molecular weight excluding hydrogens is 338 g/mol. The van der Waals surface area contributed by atoms with E-state index in [1.165, 1.54) is 12.1 Å². The number of carboxylic acid groups (broad SMARTS) is 1. The van der Waals surface area contributed by atoms with Crippen LogP contribution in [0.15, 0.2) is 36.4 Å². The Labute approximate surface area is 141 Å². The van der Waals surface area contributed by atoms with E-state index in [1.54, 1.807) is 11.9 Å². The van der Waals surface area contributed by atoms with Gasteiger partial charge < -0.3 is 5.11 Å². The molecule has 1 aliphatic rings. The SMILES string of the molecule is CN1CC(c2ccc(F)c(F)c2)C(C(=O)O)C1c1ccc(F)c(F)c1. The van der Waals surface area contributed by atoms with E-state index in [2.05, 4.69) is 0 Å². The fourth-order valence-corrected chi connectivity index (χ4v) is 3.55. The van der Waals surface area contributed by atoms with Gasteiger partial charge in [0.2, 0.25) is 0 Å². The molecule has 0 aromatic heterocycles. The van der Waals surface area contributed by atoms with Gasteiger partial charge in [-0.2, -0.15) is 0 Å². The summed E-state index contributed by atoms with van der Waals surface area (Å²) in [6, 6.07) is 5.82. The number of carboxylic acids is 1. The Hall–Kier alpha value is -2.41. The van der Waals surface area contributed by atoms with E-state index in [9.17, 15) is 27.5 Å². The third kappa shape index (κ3) is 3.11. The number of hydrogen-bond donors (Lipinski definition) is 1. The van der Waals surface area contributed by atoms with Crippen LogP contribution in [0.3, 0.4) is 0 Å². The summed E-state index contributed by atoms with van der Waals surface area (Å²) in [5.74, 6) is -6.93. The molecule has 132 valence electrons. The molecule has 0 amide bonds. The highest BCUT2D eigenvalue weighted by Gasteiger charge is 2.46. The third-order valence-corrected chi connectivity index (χ3v) is 4.68. The second-order valence-electron chi connectivity index (χ2n) is 6.20. The van der Waals surface area contributed by atoms with Crippen LogP contribution in [0.4, 0.5) is 17.6 Å². The van der Waals surface area contributed by atoms with Crippen molar-refractivity contribution in [1.82, 2.24) is 4.90 Å². The minimum absolute atomic E-state index is 0.256. The summed E-state index contributed by atoms with van der Waals surface area (Å²) in [6.07, 6.45) is 0. The van der Waals surface area contributed by atoms with E-state index >= 15 is 0 Å². The zero-order valence-electron chi connectivity index (χ0n) is 13.2. The first kappa shape index (κ1) is 17.4. The molecular formula is C18H15F4NO2. The molecule has 3 rings (SSSR count). The van der Waals surface area contributed by atoms with Gasteiger partial charge in [-0.05, 0) is 42.4 Å². The molecule has 3 atom stereocenters. The molecule has 0 aliphatic carbocycles. The predicted molar refractivity (Wildman–Crippen MR) is 82.0 cm³/mol. The van der Waals surface area contributed by atoms with E-state index in [1.807, 2.05) is 0 Å². The first-order chi connectivity index (χ1) is 11.8. The van der Waals surface area contributed by atoms with Crippen LogP contribution >= 0.6 is 0 Å². The Balaban J connectivity index is 2.03. The summed E-state index contributed by atoms with van der Waals surface area (Å²) in [5, 5.41) is 9.68. The number of rotatable bonds is 3. The molecule has 1 N–H and O–H groups in total. The molecule has 0 bridgehead atoms. The highest BCUT2D eigenvalue weighted by molar-refractivity contribution is 5.73. The molecule has 0 saturated carbocycles. The molecule has 1 saturated heterocycles. The van der Waals surface area contributed by atoms with Crippen LogP contribution in [0.1, 0.15) is 23.1 Å². The molecule has 1 aliphatic heterocycles. The van der Waals surface area contributed by atoms with Crippen LogP contribution in [0.5, 0.6) is 0 Å². The van der Waals surface area contributed by atoms with Crippen LogP contribution in [0.25, 0.3) is 0 Å². The van der Waals surface area contributed by atoms with Gasteiger partial charge >= 0.3 is 5.97 Å². The minimum atomic E-state index is -1.14. The number of hydrogen-bond acceptors (Lipinski definition) is 2. The van der Waals surface area contributed by atoms with Crippen LogP contribution in [-0.2, 0) is 4.79 Å². The molecule has 2 aromatic carbocycles. The van der Waals surface area contributed by atoms with Gasteiger partial charge in [-0.1, -0.05) is 12.1 Å². The van der Waals surface area contributed by atoms with Crippen LogP contribution in [0.2, 0.25) is 0 Å². The van der Waals surface area contributed by atoms with Crippen LogP contribution in [0, 0.1) is 29.2 Å². The van der Waals surface area contributed by atoms with E-state index in [-0.39, 0.29) is 6.54 Å². The Kier molecular flexibility index (Phi) is 4.51. The van der Waals surface area contributed by atoms with E-state index in [4.69, 9.17) is 0 Å². The lowest BCUT2D eigenvalue weighted by molar-refractivity contribution is -0.143. The first-order valence-corrected chi connectivity index (χ1v) is 7.62. The second-order valence-corrected chi connectivity index (χ2v) is 6.20. The monoisotopic (exact) mass is 353 g/mol. The summed E-state index contributed by atoms with van der Waals surface area (Å²) in [7, 11) is 1.65. The lowest BCUT2D eigenvalue weighted by atomic mass is 9.83. The van der Waals surface area contributed by atoms with Gasteiger partial charge in [0.05, 0.1) is 5.92 Å². The van der Waals surface area contributed by atoms with Crippen molar-refractivity contribution < 1.29 is 27.5 Å². The molecule has 3 nitrogen and oxygen atoms in total. The number of nitrogens with zero attached hydrogens (tertiary/aromatic N) is 1. The number of carbonyl (C=O) groups is 1. The van der Waals surface area contributed by atoms with E-state index < -0.39 is 47.1 Å². The molecule has 7 heteroatoms. The Morgan fingerprint density at radius 2 is 1.48 bits per heavy atom. The lowest BCUT2D eigenvalue weighted by Gasteiger charge is -2.24. The van der Waals surface area contributed by atoms with Gasteiger partial charge in [0.15, 0.2) is 23.3 Å². The summed E-state index contributed by atoms with van der Waals surface area (Å²) < 4.78 is 53.5. The summed E-state index contributed by atoms with van der Waals surface area (Å²) in [5.41, 5.74) is 0.669. The van der Waals surface area contributed by atoms with Gasteiger partial charge in [0.25, 0.3) is 0 Å². The number of halogens is 4. The van der Waals surface area contributed by atoms with Crippen molar-refractivity contribution in [2.45, 2.75) is 12.0 Å². The highest BCUT2D eigenvalue weighted by Crippen LogP contribution is 2.45. The maximum absolute atomic E-state index is 13.6. The van der Waals surface area contributed by atoms with Crippen molar-refractivity contribution in [2.24, 2.45) is 5.92 Å². The number of aliphatic carboxylic acids is 1. The smallest absolute Gasteiger partial charge is 0.309 e. The fraction of sp³-hybridized carbons (Fsp3) is 0.278. The van der Waals surface area contributed by atoms with Crippen molar-refractivity contribution in [3.8, 4) is 0 Å². The Morgan fingerprint density at radius 3 is 2.00 bits per heavy atom. The molecule has 0 spiro atoms. The van der Waals surface area contributed by atoms with Crippen molar-refractivity contribution in [1.29, 1.82) is 0 Å². The zero-order valence-corrected chi connectivity index (χ0v) is 13.2. The molecule has 2 aromatic rings. The maximum Gasteiger partial charge on any atom is 0.309 e. The fourth-order valence-electron chi connectivity index (χ4n) is 3.55. The first-order valence-electron chi connectivity index (χ1n) is 7.62. The third-order valence-electron chi connectivity index (χ3n) is 4.68. The maximum atomic E-state index is 13.6. The van der Waals surface area contributed by atoms with Crippen molar-refractivity contribution in [3.05, 3.63) is 70.8 Å². The topological polar surface area (TPSA) is 40.5 Å². The van der Waals surface area contributed by atoms with Gasteiger partial charge in [-0.15, -0.1) is 0 Å². The Bertz CT molecular complexity index is 827. The van der Waals surface area contributed by atoms with E-state index in [0.717, 1.165) is 24.3 Å². The van der Waals surface area contributed by atoms with Crippen LogP contribution < -0.4 is 0 Å². The molecule has 0 radical (unpaired) electrons. The molecule has 3 unspecified atom stereocenters. The van der Waals surface area contributed by atoms with Crippen LogP contribution in [-0.4, -0.2) is 29.6 Å². The van der Waals surface area contributed by atoms with E-state index in [0.29, 0.717) is 11.1 Å².